The standard InChI is InChI=1S/C21H36N6O9/c1-7-10-16(25(34)13(4)28)22-19(31)23(17(11-8-2)26(35)14(5)29)21(33)24(20(22)32)18(12-9-3)27(36)15(6)30/h16-18,34-36H,7-12H2,1-6H3. The maximum absolute atomic E-state index is 13.6. The van der Waals surface area contributed by atoms with E-state index in [1.165, 1.54) is 0 Å². The molecule has 1 aromatic heterocycles. The van der Waals surface area contributed by atoms with Crippen LogP contribution in [-0.2, 0) is 14.4 Å². The molecule has 3 unspecified atom stereocenters. The van der Waals surface area contributed by atoms with Crippen LogP contribution in [0.15, 0.2) is 14.4 Å². The van der Waals surface area contributed by atoms with Crippen molar-refractivity contribution in [2.45, 2.75) is 98.6 Å². The van der Waals surface area contributed by atoms with Crippen molar-refractivity contribution in [1.29, 1.82) is 0 Å². The minimum absolute atomic E-state index is 0.0919. The minimum atomic E-state index is -1.57. The normalized spacial score (nSPS) is 13.6. The Hall–Kier alpha value is -3.30. The lowest BCUT2D eigenvalue weighted by atomic mass is 10.2. The van der Waals surface area contributed by atoms with E-state index >= 15 is 0 Å². The lowest BCUT2D eigenvalue weighted by Gasteiger charge is -2.32. The lowest BCUT2D eigenvalue weighted by molar-refractivity contribution is -0.190. The lowest BCUT2D eigenvalue weighted by Crippen LogP contribution is -2.62. The summed E-state index contributed by atoms with van der Waals surface area (Å²) in [6.07, 6.45) is -4.11. The fraction of sp³-hybridized carbons (Fsp3) is 0.714. The van der Waals surface area contributed by atoms with Crippen LogP contribution in [0.4, 0.5) is 0 Å². The van der Waals surface area contributed by atoms with Crippen LogP contribution in [0, 0.1) is 0 Å². The molecule has 1 aromatic rings. The molecular weight excluding hydrogens is 480 g/mol. The molecular formula is C21H36N6O9. The Kier molecular flexibility index (Phi) is 11.2. The summed E-state index contributed by atoms with van der Waals surface area (Å²) in [5.41, 5.74) is -3.91. The summed E-state index contributed by atoms with van der Waals surface area (Å²) in [5.74, 6) is -2.71. The topological polar surface area (TPSA) is 188 Å². The minimum Gasteiger partial charge on any atom is -0.284 e. The van der Waals surface area contributed by atoms with E-state index in [9.17, 15) is 44.4 Å². The highest BCUT2D eigenvalue weighted by molar-refractivity contribution is 5.72. The third-order valence-corrected chi connectivity index (χ3v) is 5.59. The molecule has 3 amide bonds. The fourth-order valence-corrected chi connectivity index (χ4v) is 3.85. The van der Waals surface area contributed by atoms with Gasteiger partial charge in [0, 0.05) is 20.8 Å². The number of amides is 3. The Morgan fingerprint density at radius 2 is 0.778 bits per heavy atom. The molecule has 3 atom stereocenters. The Morgan fingerprint density at radius 3 is 0.917 bits per heavy atom. The van der Waals surface area contributed by atoms with Crippen LogP contribution in [-0.4, -0.2) is 62.2 Å². The van der Waals surface area contributed by atoms with Crippen molar-refractivity contribution in [2.75, 3.05) is 0 Å². The number of rotatable bonds is 12. The number of hydrogen-bond donors (Lipinski definition) is 3. The second kappa shape index (κ2) is 13.1. The predicted molar refractivity (Wildman–Crippen MR) is 124 cm³/mol. The Balaban J connectivity index is 4.34. The van der Waals surface area contributed by atoms with Crippen LogP contribution >= 0.6 is 0 Å². The Bertz CT molecular complexity index is 956. The van der Waals surface area contributed by atoms with Crippen LogP contribution in [0.1, 0.15) is 98.6 Å². The predicted octanol–water partition coefficient (Wildman–Crippen LogP) is 0.781. The summed E-state index contributed by atoms with van der Waals surface area (Å²) in [6.45, 7) is 7.99. The first kappa shape index (κ1) is 30.7. The van der Waals surface area contributed by atoms with Crippen molar-refractivity contribution in [2.24, 2.45) is 0 Å². The molecule has 0 radical (unpaired) electrons. The van der Waals surface area contributed by atoms with Crippen molar-refractivity contribution in [3.63, 3.8) is 0 Å². The first-order valence-electron chi connectivity index (χ1n) is 11.7. The van der Waals surface area contributed by atoms with Gasteiger partial charge in [-0.2, -0.15) is 0 Å². The first-order chi connectivity index (χ1) is 16.8. The third kappa shape index (κ3) is 6.27. The molecule has 0 aliphatic rings. The van der Waals surface area contributed by atoms with Crippen LogP contribution in [0.5, 0.6) is 0 Å². The molecule has 0 spiro atoms. The van der Waals surface area contributed by atoms with Crippen molar-refractivity contribution in [1.82, 2.24) is 28.9 Å². The molecule has 0 aromatic carbocycles. The molecule has 0 saturated heterocycles. The molecule has 15 heteroatoms. The van der Waals surface area contributed by atoms with Gasteiger partial charge in [0.2, 0.25) is 17.7 Å². The molecule has 36 heavy (non-hydrogen) atoms. The van der Waals surface area contributed by atoms with E-state index < -0.39 is 53.3 Å². The number of nitrogens with zero attached hydrogens (tertiary/aromatic N) is 6. The van der Waals surface area contributed by atoms with Gasteiger partial charge < -0.3 is 0 Å². The molecule has 3 N–H and O–H groups in total. The molecule has 0 bridgehead atoms. The first-order valence-corrected chi connectivity index (χ1v) is 11.7. The summed E-state index contributed by atoms with van der Waals surface area (Å²) in [6, 6.07) is 0. The summed E-state index contributed by atoms with van der Waals surface area (Å²) < 4.78 is 1.33. The van der Waals surface area contributed by atoms with Crippen LogP contribution in [0.25, 0.3) is 0 Å². The van der Waals surface area contributed by atoms with Gasteiger partial charge in [-0.15, -0.1) is 0 Å². The third-order valence-electron chi connectivity index (χ3n) is 5.59. The number of hydroxylamine groups is 6. The summed E-state index contributed by atoms with van der Waals surface area (Å²) in [7, 11) is 0. The van der Waals surface area contributed by atoms with Crippen molar-refractivity contribution in [3.8, 4) is 0 Å². The van der Waals surface area contributed by atoms with Gasteiger partial charge in [0.15, 0.2) is 0 Å². The van der Waals surface area contributed by atoms with Crippen molar-refractivity contribution < 1.29 is 30.0 Å². The monoisotopic (exact) mass is 516 g/mol. The average molecular weight is 517 g/mol. The summed E-state index contributed by atoms with van der Waals surface area (Å²) in [5, 5.41) is 31.7. The van der Waals surface area contributed by atoms with Gasteiger partial charge in [0.1, 0.15) is 18.5 Å². The largest absolute Gasteiger partial charge is 0.339 e. The molecule has 0 aliphatic heterocycles. The Labute approximate surface area is 207 Å². The average Bonchev–Trinajstić information content (AvgIpc) is 2.80. The molecule has 0 fully saturated rings. The fourth-order valence-electron chi connectivity index (χ4n) is 3.85. The molecule has 15 nitrogen and oxygen atoms in total. The van der Waals surface area contributed by atoms with Gasteiger partial charge >= 0.3 is 17.1 Å². The number of carbonyl (C=O) groups excluding carboxylic acids is 3. The van der Waals surface area contributed by atoms with Crippen LogP contribution in [0.2, 0.25) is 0 Å². The van der Waals surface area contributed by atoms with E-state index in [0.717, 1.165) is 20.8 Å². The van der Waals surface area contributed by atoms with Gasteiger partial charge in [-0.05, 0) is 19.3 Å². The van der Waals surface area contributed by atoms with Gasteiger partial charge in [-0.1, -0.05) is 40.0 Å². The smallest absolute Gasteiger partial charge is 0.284 e. The van der Waals surface area contributed by atoms with Crippen LogP contribution < -0.4 is 17.1 Å². The maximum atomic E-state index is 13.6. The zero-order valence-corrected chi connectivity index (χ0v) is 21.4. The highest BCUT2D eigenvalue weighted by Gasteiger charge is 2.35. The SMILES string of the molecule is CCCC(N(O)C(C)=O)n1c(=O)n(C(CCC)N(O)C(C)=O)c(=O)n(C(CCC)N(O)C(C)=O)c1=O. The van der Waals surface area contributed by atoms with E-state index in [-0.39, 0.29) is 53.7 Å². The molecule has 1 rings (SSSR count). The zero-order valence-electron chi connectivity index (χ0n) is 21.4. The van der Waals surface area contributed by atoms with Gasteiger partial charge in [-0.25, -0.2) is 43.3 Å². The van der Waals surface area contributed by atoms with E-state index in [2.05, 4.69) is 0 Å². The number of hydrogen-bond acceptors (Lipinski definition) is 9. The summed E-state index contributed by atoms with van der Waals surface area (Å²) >= 11 is 0. The van der Waals surface area contributed by atoms with E-state index in [1.807, 2.05) is 0 Å². The molecule has 1 heterocycles. The number of carbonyl (C=O) groups is 3. The zero-order chi connectivity index (χ0) is 27.9. The Morgan fingerprint density at radius 1 is 0.583 bits per heavy atom. The van der Waals surface area contributed by atoms with Gasteiger partial charge in [0.25, 0.3) is 0 Å². The summed E-state index contributed by atoms with van der Waals surface area (Å²) in [4.78, 5) is 76.7. The second-order valence-electron chi connectivity index (χ2n) is 8.36. The van der Waals surface area contributed by atoms with E-state index in [1.54, 1.807) is 20.8 Å². The quantitative estimate of drug-likeness (QED) is 0.266. The van der Waals surface area contributed by atoms with E-state index in [4.69, 9.17) is 0 Å². The second-order valence-corrected chi connectivity index (χ2v) is 8.36. The van der Waals surface area contributed by atoms with E-state index in [0.29, 0.717) is 13.7 Å². The maximum Gasteiger partial charge on any atom is 0.339 e. The molecule has 204 valence electrons. The number of aromatic nitrogens is 3. The molecule has 0 aliphatic carbocycles. The highest BCUT2D eigenvalue weighted by Crippen LogP contribution is 2.19. The van der Waals surface area contributed by atoms with Crippen molar-refractivity contribution in [3.05, 3.63) is 31.5 Å². The van der Waals surface area contributed by atoms with Gasteiger partial charge in [-0.3, -0.25) is 30.0 Å². The molecule has 0 saturated carbocycles. The van der Waals surface area contributed by atoms with Gasteiger partial charge in [0.05, 0.1) is 0 Å². The van der Waals surface area contributed by atoms with Crippen molar-refractivity contribution >= 4 is 17.7 Å². The highest BCUT2D eigenvalue weighted by atomic mass is 16.5. The van der Waals surface area contributed by atoms with Crippen LogP contribution in [0.3, 0.4) is 0 Å².